The van der Waals surface area contributed by atoms with Crippen LogP contribution >= 0.6 is 11.8 Å². The third-order valence-corrected chi connectivity index (χ3v) is 8.36. The number of aryl methyl sites for hydroxylation is 1. The number of nitrogens with zero attached hydrogens (tertiary/aromatic N) is 1. The lowest BCUT2D eigenvalue weighted by Gasteiger charge is -2.53. The SMILES string of the molecule is CS[C@@]1(Cc2cccc(C)n2)C(C)(C)[C@H]2CC[C@]1(C)C2. The molecule has 2 bridgehead atoms. The first-order valence-corrected chi connectivity index (χ1v) is 9.05. The molecule has 2 aliphatic rings. The van der Waals surface area contributed by atoms with Crippen molar-refractivity contribution in [3.8, 4) is 0 Å². The summed E-state index contributed by atoms with van der Waals surface area (Å²) >= 11 is 2.11. The standard InChI is InChI=1S/C18H27NS/c1-13-7-6-8-15(19-13)12-18(20-5)16(2,3)14-9-10-17(18,4)11-14/h6-8,14H,9-12H2,1-5H3/t14-,17+,18-/m0/s1. The van der Waals surface area contributed by atoms with Crippen LogP contribution in [-0.4, -0.2) is 16.0 Å². The van der Waals surface area contributed by atoms with E-state index in [-0.39, 0.29) is 0 Å². The van der Waals surface area contributed by atoms with Gasteiger partial charge in [-0.1, -0.05) is 26.8 Å². The maximum Gasteiger partial charge on any atom is 0.0421 e. The van der Waals surface area contributed by atoms with Crippen LogP contribution in [-0.2, 0) is 6.42 Å². The lowest BCUT2D eigenvalue weighted by molar-refractivity contribution is 0.108. The molecule has 0 radical (unpaired) electrons. The minimum absolute atomic E-state index is 0.337. The summed E-state index contributed by atoms with van der Waals surface area (Å²) in [5.74, 6) is 0.893. The molecular formula is C18H27NS. The van der Waals surface area contributed by atoms with E-state index < -0.39 is 0 Å². The molecule has 2 fully saturated rings. The Morgan fingerprint density at radius 1 is 1.30 bits per heavy atom. The second-order valence-corrected chi connectivity index (χ2v) is 8.81. The van der Waals surface area contributed by atoms with Crippen LogP contribution in [0.3, 0.4) is 0 Å². The van der Waals surface area contributed by atoms with Crippen LogP contribution in [0.15, 0.2) is 18.2 Å². The molecule has 1 aromatic heterocycles. The largest absolute Gasteiger partial charge is 0.258 e. The zero-order valence-corrected chi connectivity index (χ0v) is 14.3. The molecule has 2 saturated carbocycles. The van der Waals surface area contributed by atoms with Crippen LogP contribution in [0.5, 0.6) is 0 Å². The first kappa shape index (κ1) is 14.4. The zero-order chi connectivity index (χ0) is 14.6. The van der Waals surface area contributed by atoms with Gasteiger partial charge in [0.1, 0.15) is 0 Å². The monoisotopic (exact) mass is 289 g/mol. The van der Waals surface area contributed by atoms with E-state index in [1.165, 1.54) is 25.0 Å². The fraction of sp³-hybridized carbons (Fsp3) is 0.722. The number of hydrogen-bond donors (Lipinski definition) is 0. The molecule has 0 aromatic carbocycles. The van der Waals surface area contributed by atoms with Gasteiger partial charge in [0.05, 0.1) is 0 Å². The first-order valence-electron chi connectivity index (χ1n) is 7.82. The predicted octanol–water partition coefficient (Wildman–Crippen LogP) is 4.88. The van der Waals surface area contributed by atoms with Crippen LogP contribution < -0.4 is 0 Å². The van der Waals surface area contributed by atoms with E-state index in [0.29, 0.717) is 15.6 Å². The van der Waals surface area contributed by atoms with E-state index in [0.717, 1.165) is 18.0 Å². The first-order chi connectivity index (χ1) is 9.35. The zero-order valence-electron chi connectivity index (χ0n) is 13.5. The van der Waals surface area contributed by atoms with Gasteiger partial charge in [-0.05, 0) is 61.3 Å². The molecule has 0 N–H and O–H groups in total. The van der Waals surface area contributed by atoms with Crippen LogP contribution in [0.25, 0.3) is 0 Å². The van der Waals surface area contributed by atoms with Crippen molar-refractivity contribution in [3.05, 3.63) is 29.6 Å². The van der Waals surface area contributed by atoms with Gasteiger partial charge in [-0.25, -0.2) is 0 Å². The van der Waals surface area contributed by atoms with Gasteiger partial charge < -0.3 is 0 Å². The number of aromatic nitrogens is 1. The highest BCUT2D eigenvalue weighted by molar-refractivity contribution is 8.00. The Morgan fingerprint density at radius 2 is 2.05 bits per heavy atom. The molecule has 0 aliphatic heterocycles. The molecule has 0 amide bonds. The van der Waals surface area contributed by atoms with E-state index in [1.807, 2.05) is 0 Å². The number of rotatable bonds is 3. The minimum atomic E-state index is 0.337. The van der Waals surface area contributed by atoms with Gasteiger partial charge in [-0.2, -0.15) is 11.8 Å². The molecule has 0 spiro atoms. The molecule has 0 unspecified atom stereocenters. The van der Waals surface area contributed by atoms with Gasteiger partial charge in [0, 0.05) is 22.6 Å². The Morgan fingerprint density at radius 3 is 2.60 bits per heavy atom. The Hall–Kier alpha value is -0.500. The Labute approximate surface area is 128 Å². The van der Waals surface area contributed by atoms with Gasteiger partial charge in [-0.15, -0.1) is 0 Å². The summed E-state index contributed by atoms with van der Waals surface area (Å²) < 4.78 is 0.337. The van der Waals surface area contributed by atoms with Crippen molar-refractivity contribution in [1.29, 1.82) is 0 Å². The van der Waals surface area contributed by atoms with Crippen LogP contribution in [0.4, 0.5) is 0 Å². The molecule has 3 rings (SSSR count). The molecule has 20 heavy (non-hydrogen) atoms. The fourth-order valence-electron chi connectivity index (χ4n) is 5.31. The summed E-state index contributed by atoms with van der Waals surface area (Å²) in [7, 11) is 0. The van der Waals surface area contributed by atoms with Crippen molar-refractivity contribution in [2.75, 3.05) is 6.26 Å². The average molecular weight is 289 g/mol. The fourth-order valence-corrected chi connectivity index (χ4v) is 6.97. The molecule has 1 heterocycles. The van der Waals surface area contributed by atoms with Gasteiger partial charge in [-0.3, -0.25) is 4.98 Å². The molecular weight excluding hydrogens is 262 g/mol. The minimum Gasteiger partial charge on any atom is -0.258 e. The molecule has 110 valence electrons. The van der Waals surface area contributed by atoms with Gasteiger partial charge >= 0.3 is 0 Å². The van der Waals surface area contributed by atoms with Crippen molar-refractivity contribution in [2.45, 2.75) is 58.1 Å². The van der Waals surface area contributed by atoms with Crippen LogP contribution in [0.2, 0.25) is 0 Å². The lowest BCUT2D eigenvalue weighted by atomic mass is 9.61. The van der Waals surface area contributed by atoms with E-state index in [9.17, 15) is 0 Å². The average Bonchev–Trinajstić information content (AvgIpc) is 2.85. The topological polar surface area (TPSA) is 12.9 Å². The van der Waals surface area contributed by atoms with Gasteiger partial charge in [0.25, 0.3) is 0 Å². The highest BCUT2D eigenvalue weighted by atomic mass is 32.2. The molecule has 3 atom stereocenters. The maximum absolute atomic E-state index is 4.80. The number of hydrogen-bond acceptors (Lipinski definition) is 2. The third kappa shape index (κ3) is 1.73. The Balaban J connectivity index is 2.03. The summed E-state index contributed by atoms with van der Waals surface area (Å²) in [4.78, 5) is 4.80. The summed E-state index contributed by atoms with van der Waals surface area (Å²) in [6.45, 7) is 9.65. The molecule has 1 nitrogen and oxygen atoms in total. The number of pyridine rings is 1. The van der Waals surface area contributed by atoms with Crippen molar-refractivity contribution < 1.29 is 0 Å². The van der Waals surface area contributed by atoms with Crippen LogP contribution in [0, 0.1) is 23.7 Å². The number of fused-ring (bicyclic) bond motifs is 2. The summed E-state index contributed by atoms with van der Waals surface area (Å²) in [6.07, 6.45) is 7.67. The van der Waals surface area contributed by atoms with E-state index in [1.54, 1.807) is 0 Å². The van der Waals surface area contributed by atoms with E-state index in [2.05, 4.69) is 63.9 Å². The summed E-state index contributed by atoms with van der Waals surface area (Å²) in [5, 5.41) is 0. The normalized spacial score (nSPS) is 38.4. The predicted molar refractivity (Wildman–Crippen MR) is 88.2 cm³/mol. The molecule has 2 heteroatoms. The molecule has 1 aromatic rings. The van der Waals surface area contributed by atoms with Crippen molar-refractivity contribution in [2.24, 2.45) is 16.7 Å². The molecule has 2 aliphatic carbocycles. The van der Waals surface area contributed by atoms with Crippen molar-refractivity contribution >= 4 is 11.8 Å². The summed E-state index contributed by atoms with van der Waals surface area (Å²) in [5.41, 5.74) is 3.31. The number of thioether (sulfide) groups is 1. The van der Waals surface area contributed by atoms with Gasteiger partial charge in [0.2, 0.25) is 0 Å². The quantitative estimate of drug-likeness (QED) is 0.786. The van der Waals surface area contributed by atoms with Crippen molar-refractivity contribution in [3.63, 3.8) is 0 Å². The maximum atomic E-state index is 4.80. The van der Waals surface area contributed by atoms with Gasteiger partial charge in [0.15, 0.2) is 0 Å². The molecule has 0 saturated heterocycles. The highest BCUT2D eigenvalue weighted by Gasteiger charge is 2.68. The van der Waals surface area contributed by atoms with E-state index >= 15 is 0 Å². The Kier molecular flexibility index (Phi) is 3.25. The van der Waals surface area contributed by atoms with E-state index in [4.69, 9.17) is 4.98 Å². The second-order valence-electron chi connectivity index (χ2n) is 7.70. The summed E-state index contributed by atoms with van der Waals surface area (Å²) in [6, 6.07) is 6.48. The third-order valence-electron chi connectivity index (χ3n) is 6.50. The van der Waals surface area contributed by atoms with Crippen LogP contribution in [0.1, 0.15) is 51.4 Å². The Bertz CT molecular complexity index is 517. The second kappa shape index (κ2) is 4.50. The highest BCUT2D eigenvalue weighted by Crippen LogP contribution is 2.72. The smallest absolute Gasteiger partial charge is 0.0421 e. The lowest BCUT2D eigenvalue weighted by Crippen LogP contribution is -2.53. The van der Waals surface area contributed by atoms with Crippen molar-refractivity contribution in [1.82, 2.24) is 4.98 Å².